The Balaban J connectivity index is 1.60. The molecule has 3 rings (SSSR count). The van der Waals surface area contributed by atoms with Crippen molar-refractivity contribution in [1.82, 2.24) is 9.62 Å². The highest BCUT2D eigenvalue weighted by Gasteiger charge is 2.28. The molecule has 1 amide bonds. The van der Waals surface area contributed by atoms with Crippen LogP contribution in [-0.2, 0) is 19.6 Å². The first-order valence-electron chi connectivity index (χ1n) is 9.61. The highest BCUT2D eigenvalue weighted by Crippen LogP contribution is 2.26. The molecule has 27 heavy (non-hydrogen) atoms. The second-order valence-corrected chi connectivity index (χ2v) is 9.37. The van der Waals surface area contributed by atoms with Crippen molar-refractivity contribution in [3.63, 3.8) is 0 Å². The maximum absolute atomic E-state index is 12.7. The van der Waals surface area contributed by atoms with Crippen molar-refractivity contribution in [2.24, 2.45) is 5.92 Å². The molecule has 2 aliphatic rings. The van der Waals surface area contributed by atoms with Crippen LogP contribution in [0.5, 0.6) is 0 Å². The van der Waals surface area contributed by atoms with Crippen LogP contribution in [0, 0.1) is 5.92 Å². The Morgan fingerprint density at radius 3 is 2.22 bits per heavy atom. The summed E-state index contributed by atoms with van der Waals surface area (Å²) in [4.78, 5) is 14.7. The van der Waals surface area contributed by atoms with Gasteiger partial charge in [0.25, 0.3) is 0 Å². The van der Waals surface area contributed by atoms with Crippen LogP contribution in [0.4, 0.5) is 5.69 Å². The van der Waals surface area contributed by atoms with Crippen LogP contribution in [0.3, 0.4) is 0 Å². The molecule has 1 N–H and O–H groups in total. The van der Waals surface area contributed by atoms with Gasteiger partial charge in [-0.2, -0.15) is 4.31 Å². The first-order chi connectivity index (χ1) is 12.9. The van der Waals surface area contributed by atoms with Gasteiger partial charge >= 0.3 is 0 Å². The monoisotopic (exact) mass is 395 g/mol. The largest absolute Gasteiger partial charge is 0.379 e. The molecular weight excluding hydrogens is 366 g/mol. The van der Waals surface area contributed by atoms with E-state index in [0.717, 1.165) is 31.6 Å². The molecule has 0 aliphatic carbocycles. The third kappa shape index (κ3) is 4.80. The highest BCUT2D eigenvalue weighted by molar-refractivity contribution is 7.89. The molecule has 0 bridgehead atoms. The number of nitrogens with zero attached hydrogens (tertiary/aromatic N) is 2. The van der Waals surface area contributed by atoms with E-state index in [-0.39, 0.29) is 17.9 Å². The van der Waals surface area contributed by atoms with Gasteiger partial charge in [-0.05, 0) is 51.0 Å². The highest BCUT2D eigenvalue weighted by atomic mass is 32.2. The van der Waals surface area contributed by atoms with Crippen molar-refractivity contribution >= 4 is 21.6 Å². The molecule has 0 atom stereocenters. The molecule has 8 heteroatoms. The second-order valence-electron chi connectivity index (χ2n) is 7.43. The molecule has 1 aromatic carbocycles. The van der Waals surface area contributed by atoms with Crippen LogP contribution in [0.25, 0.3) is 0 Å². The number of nitrogens with one attached hydrogen (secondary N) is 1. The first-order valence-corrected chi connectivity index (χ1v) is 11.1. The van der Waals surface area contributed by atoms with E-state index in [9.17, 15) is 13.2 Å². The molecule has 2 saturated heterocycles. The van der Waals surface area contributed by atoms with E-state index >= 15 is 0 Å². The first kappa shape index (κ1) is 20.1. The van der Waals surface area contributed by atoms with Crippen LogP contribution in [0.15, 0.2) is 29.2 Å². The van der Waals surface area contributed by atoms with Crippen molar-refractivity contribution in [3.8, 4) is 0 Å². The predicted molar refractivity (Wildman–Crippen MR) is 104 cm³/mol. The summed E-state index contributed by atoms with van der Waals surface area (Å²) >= 11 is 0. The van der Waals surface area contributed by atoms with Crippen molar-refractivity contribution < 1.29 is 17.9 Å². The van der Waals surface area contributed by atoms with Gasteiger partial charge < -0.3 is 15.0 Å². The molecule has 0 aromatic heterocycles. The normalized spacial score (nSPS) is 20.0. The lowest BCUT2D eigenvalue weighted by Gasteiger charge is -2.33. The molecule has 150 valence electrons. The minimum absolute atomic E-state index is 0.0598. The summed E-state index contributed by atoms with van der Waals surface area (Å²) in [6, 6.07) is 7.25. The van der Waals surface area contributed by atoms with Gasteiger partial charge in [0, 0.05) is 43.8 Å². The van der Waals surface area contributed by atoms with Gasteiger partial charge in [-0.1, -0.05) is 0 Å². The Morgan fingerprint density at radius 2 is 1.67 bits per heavy atom. The Bertz CT molecular complexity index is 735. The van der Waals surface area contributed by atoms with E-state index in [1.54, 1.807) is 12.1 Å². The summed E-state index contributed by atoms with van der Waals surface area (Å²) in [5, 5.41) is 2.98. The minimum atomic E-state index is -3.46. The van der Waals surface area contributed by atoms with Gasteiger partial charge in [0.05, 0.1) is 18.1 Å². The van der Waals surface area contributed by atoms with Gasteiger partial charge in [-0.25, -0.2) is 8.42 Å². The molecule has 2 aliphatic heterocycles. The number of amides is 1. The van der Waals surface area contributed by atoms with E-state index < -0.39 is 10.0 Å². The number of carbonyl (C=O) groups excluding carboxylic acids is 1. The van der Waals surface area contributed by atoms with E-state index in [4.69, 9.17) is 4.74 Å². The lowest BCUT2D eigenvalue weighted by molar-refractivity contribution is -0.126. The fourth-order valence-electron chi connectivity index (χ4n) is 3.57. The van der Waals surface area contributed by atoms with Crippen LogP contribution in [-0.4, -0.2) is 64.1 Å². The summed E-state index contributed by atoms with van der Waals surface area (Å²) in [5.41, 5.74) is 0.999. The number of rotatable bonds is 5. The number of carbonyl (C=O) groups is 1. The molecule has 7 nitrogen and oxygen atoms in total. The molecule has 1 aromatic rings. The summed E-state index contributed by atoms with van der Waals surface area (Å²) in [5.74, 6) is 0.196. The van der Waals surface area contributed by atoms with Crippen LogP contribution in [0.1, 0.15) is 26.7 Å². The average molecular weight is 396 g/mol. The molecule has 2 heterocycles. The van der Waals surface area contributed by atoms with Crippen LogP contribution >= 0.6 is 0 Å². The zero-order valence-electron chi connectivity index (χ0n) is 16.1. The van der Waals surface area contributed by atoms with E-state index in [1.807, 2.05) is 26.0 Å². The molecule has 0 saturated carbocycles. The number of anilines is 1. The molecular formula is C19H29N3O4S. The van der Waals surface area contributed by atoms with Gasteiger partial charge in [-0.15, -0.1) is 0 Å². The van der Waals surface area contributed by atoms with Gasteiger partial charge in [-0.3, -0.25) is 4.79 Å². The third-order valence-corrected chi connectivity index (χ3v) is 7.02. The average Bonchev–Trinajstić information content (AvgIpc) is 2.68. The Hall–Kier alpha value is -1.64. The summed E-state index contributed by atoms with van der Waals surface area (Å²) in [7, 11) is -3.46. The number of ether oxygens (including phenoxy) is 1. The van der Waals surface area contributed by atoms with Crippen molar-refractivity contribution in [2.75, 3.05) is 44.3 Å². The summed E-state index contributed by atoms with van der Waals surface area (Å²) in [6.07, 6.45) is 1.62. The third-order valence-electron chi connectivity index (χ3n) is 5.11. The maximum atomic E-state index is 12.7. The van der Waals surface area contributed by atoms with Gasteiger partial charge in [0.1, 0.15) is 0 Å². The molecule has 0 unspecified atom stereocenters. The molecule has 0 spiro atoms. The fourth-order valence-corrected chi connectivity index (χ4v) is 4.98. The zero-order chi connectivity index (χ0) is 19.4. The van der Waals surface area contributed by atoms with E-state index in [0.29, 0.717) is 31.2 Å². The van der Waals surface area contributed by atoms with Crippen molar-refractivity contribution in [1.29, 1.82) is 0 Å². The van der Waals surface area contributed by atoms with Crippen LogP contribution in [0.2, 0.25) is 0 Å². The number of hydrogen-bond donors (Lipinski definition) is 1. The van der Waals surface area contributed by atoms with Crippen LogP contribution < -0.4 is 10.2 Å². The van der Waals surface area contributed by atoms with Gasteiger partial charge in [0.15, 0.2) is 0 Å². The van der Waals surface area contributed by atoms with Crippen molar-refractivity contribution in [2.45, 2.75) is 37.6 Å². The summed E-state index contributed by atoms with van der Waals surface area (Å²) < 4.78 is 32.1. The predicted octanol–water partition coefficient (Wildman–Crippen LogP) is 1.45. The molecule has 2 fully saturated rings. The number of sulfonamides is 1. The topological polar surface area (TPSA) is 79.0 Å². The zero-order valence-corrected chi connectivity index (χ0v) is 16.9. The molecule has 0 radical (unpaired) electrons. The van der Waals surface area contributed by atoms with Crippen molar-refractivity contribution in [3.05, 3.63) is 24.3 Å². The quantitative estimate of drug-likeness (QED) is 0.816. The maximum Gasteiger partial charge on any atom is 0.243 e. The number of hydrogen-bond acceptors (Lipinski definition) is 5. The fraction of sp³-hybridized carbons (Fsp3) is 0.632. The van der Waals surface area contributed by atoms with E-state index in [2.05, 4.69) is 10.2 Å². The lowest BCUT2D eigenvalue weighted by atomic mass is 9.95. The number of piperidine rings is 1. The van der Waals surface area contributed by atoms with E-state index in [1.165, 1.54) is 4.31 Å². The number of benzene rings is 1. The van der Waals surface area contributed by atoms with Gasteiger partial charge in [0.2, 0.25) is 15.9 Å². The second kappa shape index (κ2) is 8.58. The minimum Gasteiger partial charge on any atom is -0.379 e. The lowest BCUT2D eigenvalue weighted by Crippen LogP contribution is -2.42. The SMILES string of the molecule is CC(C)NC(=O)C1CCN(c2ccc(S(=O)(=O)N3CCOCC3)cc2)CC1. The Kier molecular flexibility index (Phi) is 6.39. The number of morpholine rings is 1. The Labute approximate surface area is 161 Å². The Morgan fingerprint density at radius 1 is 1.07 bits per heavy atom. The standard InChI is InChI=1S/C19H29N3O4S/c1-15(2)20-19(23)16-7-9-21(10-8-16)17-3-5-18(6-4-17)27(24,25)22-11-13-26-14-12-22/h3-6,15-16H,7-14H2,1-2H3,(H,20,23). The summed E-state index contributed by atoms with van der Waals surface area (Å²) in [6.45, 7) is 7.22. The smallest absolute Gasteiger partial charge is 0.243 e.